The van der Waals surface area contributed by atoms with Gasteiger partial charge in [-0.15, -0.1) is 0 Å². The zero-order valence-corrected chi connectivity index (χ0v) is 11.2. The van der Waals surface area contributed by atoms with Crippen molar-refractivity contribution in [3.8, 4) is 11.4 Å². The normalized spacial score (nSPS) is 10.3. The summed E-state index contributed by atoms with van der Waals surface area (Å²) in [6, 6.07) is 7.99. The van der Waals surface area contributed by atoms with Crippen LogP contribution in [0.5, 0.6) is 0 Å². The first-order chi connectivity index (χ1) is 9.63. The average Bonchev–Trinajstić information content (AvgIpc) is 2.47. The number of hydrogen-bond acceptors (Lipinski definition) is 6. The molecule has 1 N–H and O–H groups in total. The standard InChI is InChI=1S/C13H14N4O3/c1-14-12-7-10(8-20-2)15-13(16-12)9-4-3-5-11(6-9)17(18)19/h3-7H,8H2,1-2H3,(H,14,15,16). The molecule has 0 bridgehead atoms. The van der Waals surface area contributed by atoms with Crippen molar-refractivity contribution in [1.82, 2.24) is 9.97 Å². The monoisotopic (exact) mass is 274 g/mol. The number of nitrogens with one attached hydrogen (secondary N) is 1. The van der Waals surface area contributed by atoms with Crippen LogP contribution in [0.25, 0.3) is 11.4 Å². The van der Waals surface area contributed by atoms with Gasteiger partial charge in [-0.05, 0) is 0 Å². The van der Waals surface area contributed by atoms with Crippen LogP contribution in [0.15, 0.2) is 30.3 Å². The fraction of sp³-hybridized carbons (Fsp3) is 0.231. The van der Waals surface area contributed by atoms with E-state index in [0.717, 1.165) is 0 Å². The van der Waals surface area contributed by atoms with Crippen molar-refractivity contribution in [2.24, 2.45) is 0 Å². The van der Waals surface area contributed by atoms with Crippen LogP contribution < -0.4 is 5.32 Å². The summed E-state index contributed by atoms with van der Waals surface area (Å²) in [4.78, 5) is 19.0. The van der Waals surface area contributed by atoms with E-state index in [0.29, 0.717) is 29.5 Å². The van der Waals surface area contributed by atoms with Crippen LogP contribution in [0.1, 0.15) is 5.69 Å². The molecule has 0 saturated heterocycles. The van der Waals surface area contributed by atoms with Crippen LogP contribution in [-0.4, -0.2) is 29.0 Å². The van der Waals surface area contributed by atoms with Gasteiger partial charge in [-0.25, -0.2) is 9.97 Å². The minimum absolute atomic E-state index is 0.00857. The number of benzene rings is 1. The molecule has 7 nitrogen and oxygen atoms in total. The van der Waals surface area contributed by atoms with Gasteiger partial charge >= 0.3 is 0 Å². The maximum absolute atomic E-state index is 10.8. The van der Waals surface area contributed by atoms with Gasteiger partial charge in [-0.2, -0.15) is 0 Å². The van der Waals surface area contributed by atoms with Crippen LogP contribution in [0.2, 0.25) is 0 Å². The van der Waals surface area contributed by atoms with Crippen LogP contribution in [-0.2, 0) is 11.3 Å². The molecule has 0 radical (unpaired) electrons. The summed E-state index contributed by atoms with van der Waals surface area (Å²) in [7, 11) is 3.32. The molecule has 0 amide bonds. The molecular formula is C13H14N4O3. The molecule has 1 aromatic heterocycles. The minimum Gasteiger partial charge on any atom is -0.378 e. The number of hydrogen-bond donors (Lipinski definition) is 1. The van der Waals surface area contributed by atoms with Crippen molar-refractivity contribution in [1.29, 1.82) is 0 Å². The molecule has 0 aliphatic rings. The number of aromatic nitrogens is 2. The van der Waals surface area contributed by atoms with Crippen LogP contribution in [0, 0.1) is 10.1 Å². The van der Waals surface area contributed by atoms with Crippen molar-refractivity contribution in [3.05, 3.63) is 46.1 Å². The Balaban J connectivity index is 2.48. The van der Waals surface area contributed by atoms with Crippen molar-refractivity contribution in [3.63, 3.8) is 0 Å². The fourth-order valence-electron chi connectivity index (χ4n) is 1.74. The second kappa shape index (κ2) is 6.07. The van der Waals surface area contributed by atoms with Gasteiger partial charge in [0.05, 0.1) is 17.2 Å². The van der Waals surface area contributed by atoms with E-state index < -0.39 is 4.92 Å². The minimum atomic E-state index is -0.443. The molecule has 0 saturated carbocycles. The number of ether oxygens (including phenoxy) is 1. The lowest BCUT2D eigenvalue weighted by Crippen LogP contribution is -2.02. The summed E-state index contributed by atoms with van der Waals surface area (Å²) in [6.45, 7) is 0.346. The SMILES string of the molecule is CNc1cc(COC)nc(-c2cccc([N+](=O)[O-])c2)n1. The third-order valence-corrected chi connectivity index (χ3v) is 2.64. The molecule has 0 aliphatic carbocycles. The highest BCUT2D eigenvalue weighted by molar-refractivity contribution is 5.61. The van der Waals surface area contributed by atoms with Crippen LogP contribution in [0.4, 0.5) is 11.5 Å². The second-order valence-corrected chi connectivity index (χ2v) is 4.06. The summed E-state index contributed by atoms with van der Waals surface area (Å²) in [5, 5.41) is 13.7. The smallest absolute Gasteiger partial charge is 0.270 e. The maximum Gasteiger partial charge on any atom is 0.270 e. The molecule has 0 spiro atoms. The molecule has 7 heteroatoms. The Hall–Kier alpha value is -2.54. The third-order valence-electron chi connectivity index (χ3n) is 2.64. The first-order valence-electron chi connectivity index (χ1n) is 5.93. The third kappa shape index (κ3) is 3.07. The highest BCUT2D eigenvalue weighted by Gasteiger charge is 2.11. The molecule has 1 aromatic carbocycles. The number of non-ortho nitro benzene ring substituents is 1. The van der Waals surface area contributed by atoms with E-state index in [2.05, 4.69) is 15.3 Å². The molecule has 0 fully saturated rings. The van der Waals surface area contributed by atoms with Gasteiger partial charge in [0.25, 0.3) is 5.69 Å². The Bertz CT molecular complexity index is 631. The van der Waals surface area contributed by atoms with Crippen molar-refractivity contribution < 1.29 is 9.66 Å². The van der Waals surface area contributed by atoms with E-state index in [4.69, 9.17) is 4.74 Å². The zero-order valence-electron chi connectivity index (χ0n) is 11.2. The Kier molecular flexibility index (Phi) is 4.21. The summed E-state index contributed by atoms with van der Waals surface area (Å²) in [6.07, 6.45) is 0. The average molecular weight is 274 g/mol. The number of nitro benzene ring substituents is 1. The number of anilines is 1. The Morgan fingerprint density at radius 3 is 2.80 bits per heavy atom. The quantitative estimate of drug-likeness (QED) is 0.664. The largest absolute Gasteiger partial charge is 0.378 e. The highest BCUT2D eigenvalue weighted by Crippen LogP contribution is 2.22. The van der Waals surface area contributed by atoms with Gasteiger partial charge in [0.15, 0.2) is 5.82 Å². The summed E-state index contributed by atoms with van der Waals surface area (Å²) < 4.78 is 5.05. The predicted octanol–water partition coefficient (Wildman–Crippen LogP) is 2.24. The molecule has 0 aliphatic heterocycles. The maximum atomic E-state index is 10.8. The second-order valence-electron chi connectivity index (χ2n) is 4.06. The lowest BCUT2D eigenvalue weighted by Gasteiger charge is -2.07. The predicted molar refractivity (Wildman–Crippen MR) is 74.4 cm³/mol. The Morgan fingerprint density at radius 1 is 1.35 bits per heavy atom. The Labute approximate surface area is 115 Å². The van der Waals surface area contributed by atoms with Crippen LogP contribution in [0.3, 0.4) is 0 Å². The molecule has 20 heavy (non-hydrogen) atoms. The molecule has 2 aromatic rings. The van der Waals surface area contributed by atoms with Crippen molar-refractivity contribution in [2.75, 3.05) is 19.5 Å². The van der Waals surface area contributed by atoms with E-state index in [-0.39, 0.29) is 5.69 Å². The van der Waals surface area contributed by atoms with Crippen molar-refractivity contribution >= 4 is 11.5 Å². The summed E-state index contributed by atoms with van der Waals surface area (Å²) >= 11 is 0. The number of methoxy groups -OCH3 is 1. The van der Waals surface area contributed by atoms with Gasteiger partial charge in [0.2, 0.25) is 0 Å². The summed E-state index contributed by atoms with van der Waals surface area (Å²) in [5.74, 6) is 1.06. The number of nitro groups is 1. The lowest BCUT2D eigenvalue weighted by molar-refractivity contribution is -0.384. The van der Waals surface area contributed by atoms with E-state index in [9.17, 15) is 10.1 Å². The molecule has 1 heterocycles. The van der Waals surface area contributed by atoms with E-state index in [1.807, 2.05) is 0 Å². The van der Waals surface area contributed by atoms with Gasteiger partial charge in [0.1, 0.15) is 5.82 Å². The van der Waals surface area contributed by atoms with Gasteiger partial charge in [-0.1, -0.05) is 12.1 Å². The molecule has 0 atom stereocenters. The first-order valence-corrected chi connectivity index (χ1v) is 5.93. The van der Waals surface area contributed by atoms with E-state index in [1.165, 1.54) is 12.1 Å². The van der Waals surface area contributed by atoms with Crippen molar-refractivity contribution in [2.45, 2.75) is 6.61 Å². The molecular weight excluding hydrogens is 260 g/mol. The van der Waals surface area contributed by atoms with E-state index in [1.54, 1.807) is 32.4 Å². The number of nitrogens with zero attached hydrogens (tertiary/aromatic N) is 3. The fourth-order valence-corrected chi connectivity index (χ4v) is 1.74. The molecule has 2 rings (SSSR count). The zero-order chi connectivity index (χ0) is 14.5. The van der Waals surface area contributed by atoms with Gasteiger partial charge in [0, 0.05) is 37.9 Å². The van der Waals surface area contributed by atoms with Gasteiger partial charge in [-0.3, -0.25) is 10.1 Å². The first kappa shape index (κ1) is 13.9. The van der Waals surface area contributed by atoms with Crippen LogP contribution >= 0.6 is 0 Å². The summed E-state index contributed by atoms with van der Waals surface area (Å²) in [5.41, 5.74) is 1.30. The number of rotatable bonds is 5. The molecule has 0 unspecified atom stereocenters. The van der Waals surface area contributed by atoms with Gasteiger partial charge < -0.3 is 10.1 Å². The topological polar surface area (TPSA) is 90.2 Å². The van der Waals surface area contributed by atoms with E-state index >= 15 is 0 Å². The Morgan fingerprint density at radius 2 is 2.15 bits per heavy atom. The highest BCUT2D eigenvalue weighted by atomic mass is 16.6. The molecule has 104 valence electrons. The lowest BCUT2D eigenvalue weighted by atomic mass is 10.2.